The summed E-state index contributed by atoms with van der Waals surface area (Å²) < 4.78 is 5.62. The first-order valence-corrected chi connectivity index (χ1v) is 6.90. The predicted octanol–water partition coefficient (Wildman–Crippen LogP) is 2.79. The topological polar surface area (TPSA) is 49.8 Å². The van der Waals surface area contributed by atoms with E-state index in [-0.39, 0.29) is 0 Å². The van der Waals surface area contributed by atoms with Crippen molar-refractivity contribution in [1.82, 2.24) is 0 Å². The summed E-state index contributed by atoms with van der Waals surface area (Å²) in [5.41, 5.74) is -0.519. The van der Waals surface area contributed by atoms with Crippen LogP contribution in [0.2, 0.25) is 0 Å². The van der Waals surface area contributed by atoms with Crippen molar-refractivity contribution in [2.24, 2.45) is 11.3 Å². The predicted molar refractivity (Wildman–Crippen MR) is 63.5 cm³/mol. The van der Waals surface area contributed by atoms with Crippen molar-refractivity contribution >= 4 is 5.97 Å². The Bertz CT molecular complexity index is 319. The molecular formula is C14H21O3. The smallest absolute Gasteiger partial charge is 0.310 e. The van der Waals surface area contributed by atoms with E-state index in [2.05, 4.69) is 6.92 Å². The third-order valence-electron chi connectivity index (χ3n) is 5.09. The molecule has 0 aromatic rings. The van der Waals surface area contributed by atoms with E-state index in [0.717, 1.165) is 38.5 Å². The first-order valence-electron chi connectivity index (χ1n) is 6.90. The van der Waals surface area contributed by atoms with Gasteiger partial charge in [0.25, 0.3) is 0 Å². The molecule has 3 aliphatic rings. The van der Waals surface area contributed by atoms with E-state index in [0.29, 0.717) is 18.1 Å². The lowest BCUT2D eigenvalue weighted by atomic mass is 9.58. The Labute approximate surface area is 103 Å². The molecule has 3 atom stereocenters. The molecule has 3 fully saturated rings. The molecule has 3 rings (SSSR count). The van der Waals surface area contributed by atoms with Gasteiger partial charge >= 0.3 is 5.97 Å². The highest BCUT2D eigenvalue weighted by atomic mass is 16.6. The highest BCUT2D eigenvalue weighted by molar-refractivity contribution is 5.78. The number of epoxide rings is 1. The lowest BCUT2D eigenvalue weighted by molar-refractivity contribution is -0.150. The van der Waals surface area contributed by atoms with Gasteiger partial charge in [0.05, 0.1) is 17.6 Å². The number of carbonyl (C=O) groups is 1. The molecule has 3 nitrogen and oxygen atoms in total. The maximum Gasteiger partial charge on any atom is 0.310 e. The van der Waals surface area contributed by atoms with Crippen LogP contribution in [0.4, 0.5) is 0 Å². The molecule has 1 radical (unpaired) electrons. The van der Waals surface area contributed by atoms with Crippen LogP contribution in [0.25, 0.3) is 0 Å². The Morgan fingerprint density at radius 1 is 1.35 bits per heavy atom. The molecule has 0 aromatic heterocycles. The maximum atomic E-state index is 11.8. The van der Waals surface area contributed by atoms with Crippen LogP contribution < -0.4 is 0 Å². The van der Waals surface area contributed by atoms with Gasteiger partial charge in [-0.1, -0.05) is 26.2 Å². The van der Waals surface area contributed by atoms with E-state index in [1.165, 1.54) is 12.3 Å². The van der Waals surface area contributed by atoms with E-state index < -0.39 is 11.4 Å². The minimum Gasteiger partial charge on any atom is -0.481 e. The molecule has 1 aliphatic heterocycles. The van der Waals surface area contributed by atoms with Crippen LogP contribution in [0.5, 0.6) is 0 Å². The summed E-state index contributed by atoms with van der Waals surface area (Å²) in [5, 5.41) is 9.70. The standard InChI is InChI=1S/C14H21O3/c1-9-10(5-6-11-12(9)17-11)14(13(15)16)7-3-2-4-8-14/h9,11-12H,2-8H2,1H3,(H,15,16). The fourth-order valence-electron chi connectivity index (χ4n) is 4.06. The van der Waals surface area contributed by atoms with Crippen molar-refractivity contribution in [1.29, 1.82) is 0 Å². The Morgan fingerprint density at radius 3 is 2.71 bits per heavy atom. The van der Waals surface area contributed by atoms with Gasteiger partial charge in [0.15, 0.2) is 0 Å². The molecule has 1 saturated heterocycles. The van der Waals surface area contributed by atoms with Gasteiger partial charge in [0.1, 0.15) is 0 Å². The Hall–Kier alpha value is -0.570. The molecule has 0 bridgehead atoms. The van der Waals surface area contributed by atoms with Gasteiger partial charge in [0, 0.05) is 0 Å². The molecule has 2 aliphatic carbocycles. The molecule has 2 saturated carbocycles. The van der Waals surface area contributed by atoms with Crippen LogP contribution in [0, 0.1) is 17.3 Å². The average Bonchev–Trinajstić information content (AvgIpc) is 3.10. The van der Waals surface area contributed by atoms with Gasteiger partial charge in [-0.3, -0.25) is 4.79 Å². The minimum atomic E-state index is -0.585. The number of fused-ring (bicyclic) bond motifs is 1. The van der Waals surface area contributed by atoms with E-state index in [1.54, 1.807) is 0 Å². The molecule has 0 amide bonds. The van der Waals surface area contributed by atoms with Gasteiger partial charge < -0.3 is 9.84 Å². The number of carboxylic acids is 1. The number of carboxylic acid groups (broad SMARTS) is 1. The summed E-state index contributed by atoms with van der Waals surface area (Å²) in [6, 6.07) is 0. The van der Waals surface area contributed by atoms with Crippen molar-refractivity contribution in [2.45, 2.75) is 64.1 Å². The molecule has 1 heterocycles. The van der Waals surface area contributed by atoms with E-state index >= 15 is 0 Å². The van der Waals surface area contributed by atoms with Crippen molar-refractivity contribution in [3.63, 3.8) is 0 Å². The second kappa shape index (κ2) is 3.98. The summed E-state index contributed by atoms with van der Waals surface area (Å²) >= 11 is 0. The van der Waals surface area contributed by atoms with Crippen molar-refractivity contribution in [2.75, 3.05) is 0 Å². The summed E-state index contributed by atoms with van der Waals surface area (Å²) in [6.07, 6.45) is 7.79. The highest BCUT2D eigenvalue weighted by Crippen LogP contribution is 2.56. The largest absolute Gasteiger partial charge is 0.481 e. The number of rotatable bonds is 2. The second-order valence-corrected chi connectivity index (χ2v) is 5.94. The Morgan fingerprint density at radius 2 is 2.06 bits per heavy atom. The first-order chi connectivity index (χ1) is 8.15. The molecule has 1 N–H and O–H groups in total. The third-order valence-corrected chi connectivity index (χ3v) is 5.09. The zero-order valence-corrected chi connectivity index (χ0v) is 10.4. The lowest BCUT2D eigenvalue weighted by Crippen LogP contribution is -2.44. The van der Waals surface area contributed by atoms with Crippen LogP contribution in [0.15, 0.2) is 0 Å². The summed E-state index contributed by atoms with van der Waals surface area (Å²) in [7, 11) is 0. The number of hydrogen-bond donors (Lipinski definition) is 1. The summed E-state index contributed by atoms with van der Waals surface area (Å²) in [5.74, 6) is 1.05. The average molecular weight is 237 g/mol. The van der Waals surface area contributed by atoms with E-state index in [4.69, 9.17) is 4.74 Å². The normalized spacial score (nSPS) is 40.6. The molecule has 3 heteroatoms. The zero-order chi connectivity index (χ0) is 12.0. The SMILES string of the molecule is CC1[C](C2(C(=O)O)CCCCC2)CCC2OC21. The molecular weight excluding hydrogens is 216 g/mol. The maximum absolute atomic E-state index is 11.8. The van der Waals surface area contributed by atoms with Crippen LogP contribution in [-0.2, 0) is 9.53 Å². The van der Waals surface area contributed by atoms with Crippen LogP contribution in [0.1, 0.15) is 51.9 Å². The monoisotopic (exact) mass is 237 g/mol. The molecule has 17 heavy (non-hydrogen) atoms. The van der Waals surface area contributed by atoms with Crippen LogP contribution in [0.3, 0.4) is 0 Å². The molecule has 95 valence electrons. The molecule has 0 spiro atoms. The van der Waals surface area contributed by atoms with Gasteiger partial charge in [0.2, 0.25) is 0 Å². The molecule has 0 aromatic carbocycles. The van der Waals surface area contributed by atoms with E-state index in [1.807, 2.05) is 0 Å². The summed E-state index contributed by atoms with van der Waals surface area (Å²) in [6.45, 7) is 2.17. The molecule has 3 unspecified atom stereocenters. The van der Waals surface area contributed by atoms with Gasteiger partial charge in [-0.15, -0.1) is 0 Å². The van der Waals surface area contributed by atoms with Crippen LogP contribution >= 0.6 is 0 Å². The Kier molecular flexibility index (Phi) is 2.69. The fraction of sp³-hybridized carbons (Fsp3) is 0.857. The van der Waals surface area contributed by atoms with Crippen LogP contribution in [-0.4, -0.2) is 23.3 Å². The number of aliphatic carboxylic acids is 1. The third kappa shape index (κ3) is 1.70. The van der Waals surface area contributed by atoms with Crippen molar-refractivity contribution < 1.29 is 14.6 Å². The number of ether oxygens (including phenoxy) is 1. The van der Waals surface area contributed by atoms with Gasteiger partial charge in [-0.2, -0.15) is 0 Å². The highest BCUT2D eigenvalue weighted by Gasteiger charge is 2.57. The first kappa shape index (κ1) is 11.5. The Balaban J connectivity index is 1.84. The van der Waals surface area contributed by atoms with Crippen molar-refractivity contribution in [3.8, 4) is 0 Å². The van der Waals surface area contributed by atoms with Crippen molar-refractivity contribution in [3.05, 3.63) is 5.92 Å². The van der Waals surface area contributed by atoms with E-state index in [9.17, 15) is 9.90 Å². The van der Waals surface area contributed by atoms with Gasteiger partial charge in [-0.05, 0) is 37.5 Å². The lowest BCUT2D eigenvalue weighted by Gasteiger charge is -2.43. The minimum absolute atomic E-state index is 0.330. The quantitative estimate of drug-likeness (QED) is 0.751. The zero-order valence-electron chi connectivity index (χ0n) is 10.4. The second-order valence-electron chi connectivity index (χ2n) is 5.94. The van der Waals surface area contributed by atoms with Gasteiger partial charge in [-0.25, -0.2) is 0 Å². The summed E-state index contributed by atoms with van der Waals surface area (Å²) in [4.78, 5) is 11.8. The number of hydrogen-bond acceptors (Lipinski definition) is 2. The fourth-order valence-corrected chi connectivity index (χ4v) is 4.06.